The van der Waals surface area contributed by atoms with Crippen LogP contribution in [0, 0.1) is 16.2 Å². The molecule has 1 fully saturated rings. The van der Waals surface area contributed by atoms with E-state index in [-0.39, 0.29) is 22.8 Å². The van der Waals surface area contributed by atoms with E-state index in [9.17, 15) is 4.79 Å². The van der Waals surface area contributed by atoms with Crippen molar-refractivity contribution >= 4 is 11.6 Å². The molecule has 0 spiro atoms. The summed E-state index contributed by atoms with van der Waals surface area (Å²) < 4.78 is 0. The van der Waals surface area contributed by atoms with Crippen LogP contribution in [0.25, 0.3) is 0 Å². The van der Waals surface area contributed by atoms with Crippen molar-refractivity contribution in [3.8, 4) is 0 Å². The Labute approximate surface area is 151 Å². The van der Waals surface area contributed by atoms with Crippen molar-refractivity contribution < 1.29 is 4.79 Å². The zero-order chi connectivity index (χ0) is 18.5. The van der Waals surface area contributed by atoms with Crippen molar-refractivity contribution in [3.05, 3.63) is 66.2 Å². The van der Waals surface area contributed by atoms with E-state index in [1.807, 2.05) is 41.3 Å². The van der Waals surface area contributed by atoms with E-state index in [1.165, 1.54) is 5.56 Å². The van der Waals surface area contributed by atoms with Gasteiger partial charge in [-0.1, -0.05) is 90.1 Å². The number of β-lactam (4-membered cyclic amide) rings is 1. The van der Waals surface area contributed by atoms with Gasteiger partial charge in [-0.25, -0.2) is 0 Å². The zero-order valence-electron chi connectivity index (χ0n) is 16.2. The molecular weight excluding hydrogens is 306 g/mol. The average Bonchev–Trinajstić information content (AvgIpc) is 2.52. The Morgan fingerprint density at radius 3 is 1.64 bits per heavy atom. The van der Waals surface area contributed by atoms with E-state index in [4.69, 9.17) is 0 Å². The molecule has 1 aliphatic rings. The fraction of sp³-hybridized carbons (Fsp3) is 0.435. The summed E-state index contributed by atoms with van der Waals surface area (Å²) >= 11 is 0. The van der Waals surface area contributed by atoms with Crippen LogP contribution < -0.4 is 4.90 Å². The average molecular weight is 335 g/mol. The fourth-order valence-corrected chi connectivity index (χ4v) is 5.03. The van der Waals surface area contributed by atoms with Crippen LogP contribution in [0.2, 0.25) is 0 Å². The Balaban J connectivity index is 2.24. The minimum atomic E-state index is -0.461. The molecule has 1 atom stereocenters. The van der Waals surface area contributed by atoms with Crippen molar-refractivity contribution in [2.24, 2.45) is 16.2 Å². The van der Waals surface area contributed by atoms with Gasteiger partial charge in [0.2, 0.25) is 5.91 Å². The maximum absolute atomic E-state index is 13.7. The lowest BCUT2D eigenvalue weighted by atomic mass is 9.45. The number of hydrogen-bond acceptors (Lipinski definition) is 1. The fourth-order valence-electron chi connectivity index (χ4n) is 5.03. The van der Waals surface area contributed by atoms with Crippen molar-refractivity contribution in [3.63, 3.8) is 0 Å². The minimum Gasteiger partial charge on any atom is -0.303 e. The van der Waals surface area contributed by atoms with Crippen LogP contribution in [0.4, 0.5) is 5.69 Å². The highest BCUT2D eigenvalue weighted by molar-refractivity contribution is 6.07. The van der Waals surface area contributed by atoms with Gasteiger partial charge in [0.15, 0.2) is 0 Å². The summed E-state index contributed by atoms with van der Waals surface area (Å²) in [5.41, 5.74) is 1.40. The van der Waals surface area contributed by atoms with Gasteiger partial charge in [0.25, 0.3) is 0 Å². The molecule has 0 bridgehead atoms. The zero-order valence-corrected chi connectivity index (χ0v) is 16.2. The number of benzene rings is 2. The lowest BCUT2D eigenvalue weighted by molar-refractivity contribution is -0.168. The molecule has 2 aromatic carbocycles. The molecule has 1 amide bonds. The van der Waals surface area contributed by atoms with E-state index in [0.717, 1.165) is 5.69 Å². The Bertz CT molecular complexity index is 736. The van der Waals surface area contributed by atoms with Crippen molar-refractivity contribution in [2.75, 3.05) is 4.90 Å². The number of amides is 1. The van der Waals surface area contributed by atoms with Crippen molar-refractivity contribution in [1.82, 2.24) is 0 Å². The standard InChI is InChI=1S/C23H29NO/c1-21(2,3)23(22(4,5)6)19(17-13-9-7-10-14-17)24(20(23)25)18-15-11-8-12-16-18/h7-16,19H,1-6H3. The van der Waals surface area contributed by atoms with Gasteiger partial charge in [0.1, 0.15) is 0 Å². The number of nitrogens with zero attached hydrogens (tertiary/aromatic N) is 1. The van der Waals surface area contributed by atoms with Gasteiger partial charge in [0, 0.05) is 5.69 Å². The highest BCUT2D eigenvalue weighted by Crippen LogP contribution is 2.68. The Hall–Kier alpha value is -2.09. The van der Waals surface area contributed by atoms with Crippen LogP contribution in [0.3, 0.4) is 0 Å². The highest BCUT2D eigenvalue weighted by atomic mass is 16.2. The molecular formula is C23H29NO. The number of anilines is 1. The quantitative estimate of drug-likeness (QED) is 0.630. The van der Waals surface area contributed by atoms with Gasteiger partial charge in [-0.15, -0.1) is 0 Å². The monoisotopic (exact) mass is 335 g/mol. The number of carbonyl (C=O) groups excluding carboxylic acids is 1. The van der Waals surface area contributed by atoms with E-state index < -0.39 is 5.41 Å². The molecule has 0 N–H and O–H groups in total. The molecule has 0 saturated carbocycles. The predicted molar refractivity (Wildman–Crippen MR) is 104 cm³/mol. The summed E-state index contributed by atoms with van der Waals surface area (Å²) in [6.45, 7) is 13.2. The molecule has 0 radical (unpaired) electrons. The molecule has 25 heavy (non-hydrogen) atoms. The normalized spacial score (nSPS) is 20.3. The lowest BCUT2D eigenvalue weighted by Gasteiger charge is -2.67. The maximum atomic E-state index is 13.7. The third-order valence-electron chi connectivity index (χ3n) is 5.74. The summed E-state index contributed by atoms with van der Waals surface area (Å²) in [5, 5.41) is 0. The van der Waals surface area contributed by atoms with Gasteiger partial charge >= 0.3 is 0 Å². The van der Waals surface area contributed by atoms with E-state index >= 15 is 0 Å². The van der Waals surface area contributed by atoms with Crippen LogP contribution in [0.15, 0.2) is 60.7 Å². The second kappa shape index (κ2) is 5.72. The number of para-hydroxylation sites is 1. The molecule has 2 nitrogen and oxygen atoms in total. The summed E-state index contributed by atoms with van der Waals surface area (Å²) in [5.74, 6) is 0.229. The summed E-state index contributed by atoms with van der Waals surface area (Å²) in [4.78, 5) is 15.7. The van der Waals surface area contributed by atoms with E-state index in [0.29, 0.717) is 0 Å². The number of carbonyl (C=O) groups is 1. The predicted octanol–water partition coefficient (Wildman–Crippen LogP) is 5.85. The topological polar surface area (TPSA) is 20.3 Å². The smallest absolute Gasteiger partial charge is 0.237 e. The van der Waals surface area contributed by atoms with Crippen molar-refractivity contribution in [2.45, 2.75) is 47.6 Å². The molecule has 132 valence electrons. The first kappa shape index (κ1) is 17.7. The van der Waals surface area contributed by atoms with Crippen LogP contribution in [0.5, 0.6) is 0 Å². The number of rotatable bonds is 2. The molecule has 1 unspecified atom stereocenters. The first-order chi connectivity index (χ1) is 11.6. The Kier molecular flexibility index (Phi) is 4.06. The molecule has 0 aliphatic carbocycles. The molecule has 3 rings (SSSR count). The molecule has 0 aromatic heterocycles. The number of hydrogen-bond donors (Lipinski definition) is 0. The molecule has 1 aliphatic heterocycles. The van der Waals surface area contributed by atoms with Gasteiger partial charge in [0.05, 0.1) is 11.5 Å². The van der Waals surface area contributed by atoms with Crippen LogP contribution >= 0.6 is 0 Å². The highest BCUT2D eigenvalue weighted by Gasteiger charge is 2.71. The third-order valence-corrected chi connectivity index (χ3v) is 5.74. The van der Waals surface area contributed by atoms with Gasteiger partial charge in [-0.2, -0.15) is 0 Å². The van der Waals surface area contributed by atoms with Gasteiger partial charge < -0.3 is 4.90 Å². The first-order valence-electron chi connectivity index (χ1n) is 9.06. The Morgan fingerprint density at radius 2 is 1.20 bits per heavy atom. The lowest BCUT2D eigenvalue weighted by Crippen LogP contribution is -2.73. The van der Waals surface area contributed by atoms with E-state index in [2.05, 4.69) is 65.8 Å². The van der Waals surface area contributed by atoms with Gasteiger partial charge in [-0.05, 0) is 28.5 Å². The molecule has 1 saturated heterocycles. The SMILES string of the molecule is CC(C)(C)C1(C(C)(C)C)C(=O)N(c2ccccc2)C1c1ccccc1. The minimum absolute atomic E-state index is 0.0311. The molecule has 2 heteroatoms. The summed E-state index contributed by atoms with van der Waals surface area (Å²) in [6, 6.07) is 20.6. The van der Waals surface area contributed by atoms with Gasteiger partial charge in [-0.3, -0.25) is 4.79 Å². The first-order valence-corrected chi connectivity index (χ1v) is 9.06. The van der Waals surface area contributed by atoms with E-state index in [1.54, 1.807) is 0 Å². The molecule has 2 aromatic rings. The largest absolute Gasteiger partial charge is 0.303 e. The second-order valence-corrected chi connectivity index (χ2v) is 9.13. The third kappa shape index (κ3) is 2.42. The summed E-state index contributed by atoms with van der Waals surface area (Å²) in [6.07, 6.45) is 0. The summed E-state index contributed by atoms with van der Waals surface area (Å²) in [7, 11) is 0. The van der Waals surface area contributed by atoms with Crippen LogP contribution in [-0.4, -0.2) is 5.91 Å². The molecule has 1 heterocycles. The van der Waals surface area contributed by atoms with Crippen LogP contribution in [-0.2, 0) is 4.79 Å². The Morgan fingerprint density at radius 1 is 0.760 bits per heavy atom. The van der Waals surface area contributed by atoms with Crippen LogP contribution in [0.1, 0.15) is 53.1 Å². The maximum Gasteiger partial charge on any atom is 0.237 e. The van der Waals surface area contributed by atoms with Crippen molar-refractivity contribution in [1.29, 1.82) is 0 Å². The second-order valence-electron chi connectivity index (χ2n) is 9.13.